The molecule has 1 aromatic carbocycles. The Hall–Kier alpha value is -2.34. The third-order valence-corrected chi connectivity index (χ3v) is 5.25. The van der Waals surface area contributed by atoms with E-state index in [1.165, 1.54) is 4.68 Å². The van der Waals surface area contributed by atoms with Gasteiger partial charge >= 0.3 is 0 Å². The highest BCUT2D eigenvalue weighted by atomic mass is 16.2. The van der Waals surface area contributed by atoms with Crippen LogP contribution in [0.5, 0.6) is 0 Å². The summed E-state index contributed by atoms with van der Waals surface area (Å²) in [5, 5.41) is 7.93. The molecule has 0 spiro atoms. The molecule has 0 amide bonds. The number of nitrogen functional groups attached to an aromatic ring is 1. The first-order valence-electron chi connectivity index (χ1n) is 8.55. The molecular weight excluding hydrogens is 302 g/mol. The summed E-state index contributed by atoms with van der Waals surface area (Å²) in [6.45, 7) is 2.83. The Labute approximate surface area is 141 Å². The summed E-state index contributed by atoms with van der Waals surface area (Å²) in [4.78, 5) is 13.2. The third-order valence-electron chi connectivity index (χ3n) is 5.25. The van der Waals surface area contributed by atoms with Crippen LogP contribution in [0.1, 0.15) is 45.9 Å². The van der Waals surface area contributed by atoms with Gasteiger partial charge < -0.3 is 16.8 Å². The molecule has 4 rings (SSSR count). The maximum absolute atomic E-state index is 13.2. The number of nitrogens with two attached hydrogens (primary N) is 2. The molecule has 1 unspecified atom stereocenters. The van der Waals surface area contributed by atoms with E-state index in [9.17, 15) is 4.79 Å². The van der Waals surface area contributed by atoms with Crippen LogP contribution < -0.4 is 16.8 Å². The van der Waals surface area contributed by atoms with Crippen molar-refractivity contribution in [2.75, 3.05) is 17.6 Å². The van der Waals surface area contributed by atoms with E-state index in [0.717, 1.165) is 53.9 Å². The van der Waals surface area contributed by atoms with Crippen LogP contribution in [0.4, 0.5) is 11.5 Å². The monoisotopic (exact) mass is 325 g/mol. The Morgan fingerprint density at radius 2 is 2.21 bits per heavy atom. The van der Waals surface area contributed by atoms with Crippen LogP contribution in [-0.4, -0.2) is 28.3 Å². The van der Waals surface area contributed by atoms with E-state index < -0.39 is 0 Å². The Kier molecular flexibility index (Phi) is 3.57. The van der Waals surface area contributed by atoms with Gasteiger partial charge in [-0.15, -0.1) is 0 Å². The summed E-state index contributed by atoms with van der Waals surface area (Å²) in [5.74, 6) is 0.222. The van der Waals surface area contributed by atoms with Crippen molar-refractivity contribution >= 4 is 17.4 Å². The summed E-state index contributed by atoms with van der Waals surface area (Å²) >= 11 is 0. The van der Waals surface area contributed by atoms with Crippen LogP contribution in [0.3, 0.4) is 0 Å². The number of aromatic nitrogens is 2. The molecule has 1 aromatic heterocycles. The van der Waals surface area contributed by atoms with E-state index in [0.29, 0.717) is 12.2 Å². The van der Waals surface area contributed by atoms with Gasteiger partial charge in [-0.05, 0) is 43.7 Å². The number of para-hydroxylation sites is 1. The fourth-order valence-electron chi connectivity index (χ4n) is 3.91. The van der Waals surface area contributed by atoms with Crippen LogP contribution in [0.2, 0.25) is 0 Å². The number of anilines is 2. The number of carbonyl (C=O) groups excluding carboxylic acids is 1. The number of nitrogens with one attached hydrogen (secondary N) is 1. The fourth-order valence-corrected chi connectivity index (χ4v) is 3.91. The maximum Gasteiger partial charge on any atom is 0.256 e. The predicted molar refractivity (Wildman–Crippen MR) is 94.3 cm³/mol. The first-order chi connectivity index (χ1) is 11.6. The van der Waals surface area contributed by atoms with Gasteiger partial charge in [0.05, 0.1) is 11.6 Å². The number of rotatable bonds is 1. The molecule has 2 atom stereocenters. The van der Waals surface area contributed by atoms with Crippen LogP contribution in [-0.2, 0) is 12.8 Å². The van der Waals surface area contributed by atoms with E-state index in [2.05, 4.69) is 23.4 Å². The standard InChI is InChI=1S/C18H23N5O/c1-10-3-2-4-12-13(7-8-21-16(10)12)18(24)23-17(20)14-9-11(19)5-6-15(14)22-23/h2-4,11,13,21H,5-9,19-20H2,1H3/t11-,13?/m0/s1. The minimum Gasteiger partial charge on any atom is -0.385 e. The van der Waals surface area contributed by atoms with Crippen molar-refractivity contribution in [3.8, 4) is 0 Å². The average Bonchev–Trinajstić information content (AvgIpc) is 2.91. The van der Waals surface area contributed by atoms with Crippen molar-refractivity contribution < 1.29 is 4.79 Å². The molecule has 0 fully saturated rings. The molecule has 126 valence electrons. The predicted octanol–water partition coefficient (Wildman–Crippen LogP) is 1.83. The number of aryl methyl sites for hydroxylation is 2. The van der Waals surface area contributed by atoms with Crippen molar-refractivity contribution in [2.45, 2.75) is 44.6 Å². The Morgan fingerprint density at radius 3 is 3.04 bits per heavy atom. The second kappa shape index (κ2) is 5.63. The first-order valence-corrected chi connectivity index (χ1v) is 8.55. The molecule has 24 heavy (non-hydrogen) atoms. The number of benzene rings is 1. The topological polar surface area (TPSA) is 99.0 Å². The molecule has 5 N–H and O–H groups in total. The highest BCUT2D eigenvalue weighted by molar-refractivity contribution is 5.90. The van der Waals surface area contributed by atoms with Crippen molar-refractivity contribution in [3.63, 3.8) is 0 Å². The summed E-state index contributed by atoms with van der Waals surface area (Å²) in [5.41, 5.74) is 17.4. The normalized spacial score (nSPS) is 22.4. The van der Waals surface area contributed by atoms with Gasteiger partial charge in [0.25, 0.3) is 5.91 Å². The van der Waals surface area contributed by atoms with E-state index in [1.807, 2.05) is 12.1 Å². The lowest BCUT2D eigenvalue weighted by Crippen LogP contribution is -2.29. The second-order valence-electron chi connectivity index (χ2n) is 6.87. The Bertz CT molecular complexity index is 810. The summed E-state index contributed by atoms with van der Waals surface area (Å²) in [6.07, 6.45) is 3.14. The van der Waals surface area contributed by atoms with Gasteiger partial charge in [0.2, 0.25) is 0 Å². The summed E-state index contributed by atoms with van der Waals surface area (Å²) in [6, 6.07) is 6.18. The van der Waals surface area contributed by atoms with Crippen molar-refractivity contribution in [2.24, 2.45) is 5.73 Å². The fraction of sp³-hybridized carbons (Fsp3) is 0.444. The SMILES string of the molecule is Cc1cccc2c1NCCC2C(=O)n1nc2c(c1N)C[C@@H](N)CC2. The van der Waals surface area contributed by atoms with Crippen LogP contribution in [0.25, 0.3) is 0 Å². The van der Waals surface area contributed by atoms with Crippen molar-refractivity contribution in [3.05, 3.63) is 40.6 Å². The molecule has 2 aromatic rings. The van der Waals surface area contributed by atoms with E-state index >= 15 is 0 Å². The number of nitrogens with zero attached hydrogens (tertiary/aromatic N) is 2. The Balaban J connectivity index is 1.73. The first kappa shape index (κ1) is 15.2. The minimum absolute atomic E-state index is 0.0381. The maximum atomic E-state index is 13.2. The van der Waals surface area contributed by atoms with Crippen molar-refractivity contribution in [1.29, 1.82) is 0 Å². The molecule has 2 heterocycles. The smallest absolute Gasteiger partial charge is 0.256 e. The van der Waals surface area contributed by atoms with Gasteiger partial charge in [-0.25, -0.2) is 0 Å². The van der Waals surface area contributed by atoms with Gasteiger partial charge in [-0.2, -0.15) is 9.78 Å². The lowest BCUT2D eigenvalue weighted by molar-refractivity contribution is 0.0859. The molecular formula is C18H23N5O. The lowest BCUT2D eigenvalue weighted by atomic mass is 9.88. The molecule has 0 bridgehead atoms. The molecule has 1 aliphatic carbocycles. The highest BCUT2D eigenvalue weighted by Gasteiger charge is 2.32. The molecule has 6 heteroatoms. The molecule has 0 saturated heterocycles. The largest absolute Gasteiger partial charge is 0.385 e. The third kappa shape index (κ3) is 2.29. The van der Waals surface area contributed by atoms with Gasteiger partial charge in [0.15, 0.2) is 0 Å². The number of hydrogen-bond donors (Lipinski definition) is 3. The van der Waals surface area contributed by atoms with Gasteiger partial charge in [0, 0.05) is 23.8 Å². The highest BCUT2D eigenvalue weighted by Crippen LogP contribution is 2.36. The summed E-state index contributed by atoms with van der Waals surface area (Å²) in [7, 11) is 0. The molecule has 2 aliphatic rings. The van der Waals surface area contributed by atoms with Crippen LogP contribution in [0, 0.1) is 6.92 Å². The van der Waals surface area contributed by atoms with Crippen LogP contribution in [0.15, 0.2) is 18.2 Å². The second-order valence-corrected chi connectivity index (χ2v) is 6.87. The molecule has 0 saturated carbocycles. The number of hydrogen-bond acceptors (Lipinski definition) is 5. The zero-order valence-corrected chi connectivity index (χ0v) is 13.9. The van der Waals surface area contributed by atoms with E-state index in [-0.39, 0.29) is 17.9 Å². The Morgan fingerprint density at radius 1 is 1.38 bits per heavy atom. The minimum atomic E-state index is -0.210. The number of fused-ring (bicyclic) bond motifs is 2. The number of carbonyl (C=O) groups is 1. The van der Waals surface area contributed by atoms with Crippen LogP contribution >= 0.6 is 0 Å². The van der Waals surface area contributed by atoms with Gasteiger partial charge in [-0.3, -0.25) is 4.79 Å². The lowest BCUT2D eigenvalue weighted by Gasteiger charge is -2.27. The molecule has 6 nitrogen and oxygen atoms in total. The molecule has 0 radical (unpaired) electrons. The quantitative estimate of drug-likeness (QED) is 0.743. The van der Waals surface area contributed by atoms with Crippen molar-refractivity contribution in [1.82, 2.24) is 9.78 Å². The van der Waals surface area contributed by atoms with E-state index in [4.69, 9.17) is 11.5 Å². The average molecular weight is 325 g/mol. The van der Waals surface area contributed by atoms with Gasteiger partial charge in [0.1, 0.15) is 5.82 Å². The zero-order chi connectivity index (χ0) is 16.8. The zero-order valence-electron chi connectivity index (χ0n) is 13.9. The molecule has 1 aliphatic heterocycles. The van der Waals surface area contributed by atoms with E-state index in [1.54, 1.807) is 0 Å². The summed E-state index contributed by atoms with van der Waals surface area (Å²) < 4.78 is 1.42. The van der Waals surface area contributed by atoms with Gasteiger partial charge in [-0.1, -0.05) is 18.2 Å².